The summed E-state index contributed by atoms with van der Waals surface area (Å²) in [7, 11) is 0. The number of fused-ring (bicyclic) bond motifs is 3. The molecule has 2 aromatic rings. The molecule has 1 atom stereocenters. The topological polar surface area (TPSA) is 76.0 Å². The molecule has 2 amide bonds. The molecule has 0 saturated carbocycles. The van der Waals surface area contributed by atoms with E-state index in [0.717, 1.165) is 11.0 Å². The second-order valence-corrected chi connectivity index (χ2v) is 4.46. The SMILES string of the molecule is CCNC(=O)CC1C(=O)Nc2nc3ccccc3n21. The minimum atomic E-state index is -0.519. The van der Waals surface area contributed by atoms with Gasteiger partial charge in [0.15, 0.2) is 0 Å². The lowest BCUT2D eigenvalue weighted by atomic mass is 10.2. The number of carbonyl (C=O) groups is 2. The van der Waals surface area contributed by atoms with Gasteiger partial charge in [0.25, 0.3) is 0 Å². The molecule has 0 fully saturated rings. The third-order valence-corrected chi connectivity index (χ3v) is 3.20. The van der Waals surface area contributed by atoms with Gasteiger partial charge in [0.2, 0.25) is 17.8 Å². The van der Waals surface area contributed by atoms with Gasteiger partial charge in [0.05, 0.1) is 17.5 Å². The average Bonchev–Trinajstić information content (AvgIpc) is 2.87. The number of imidazole rings is 1. The first-order chi connectivity index (χ1) is 9.20. The number of aromatic nitrogens is 2. The van der Waals surface area contributed by atoms with Crippen molar-refractivity contribution in [2.24, 2.45) is 0 Å². The van der Waals surface area contributed by atoms with Crippen LogP contribution in [0.4, 0.5) is 5.95 Å². The van der Waals surface area contributed by atoms with E-state index in [-0.39, 0.29) is 18.2 Å². The lowest BCUT2D eigenvalue weighted by molar-refractivity contribution is -0.126. The fraction of sp³-hybridized carbons (Fsp3) is 0.308. The zero-order valence-corrected chi connectivity index (χ0v) is 10.5. The Kier molecular flexibility index (Phi) is 2.70. The van der Waals surface area contributed by atoms with E-state index in [1.807, 2.05) is 31.2 Å². The molecule has 1 aliphatic rings. The van der Waals surface area contributed by atoms with Crippen molar-refractivity contribution in [3.63, 3.8) is 0 Å². The average molecular weight is 258 g/mol. The second-order valence-electron chi connectivity index (χ2n) is 4.46. The monoisotopic (exact) mass is 258 g/mol. The van der Waals surface area contributed by atoms with Gasteiger partial charge in [0.1, 0.15) is 6.04 Å². The highest BCUT2D eigenvalue weighted by molar-refractivity contribution is 6.01. The number of nitrogens with zero attached hydrogens (tertiary/aromatic N) is 2. The van der Waals surface area contributed by atoms with Gasteiger partial charge in [-0.3, -0.25) is 19.5 Å². The van der Waals surface area contributed by atoms with Crippen LogP contribution >= 0.6 is 0 Å². The first kappa shape index (κ1) is 11.7. The van der Waals surface area contributed by atoms with E-state index < -0.39 is 6.04 Å². The van der Waals surface area contributed by atoms with Crippen LogP contribution in [0.25, 0.3) is 11.0 Å². The molecule has 2 heterocycles. The molecule has 19 heavy (non-hydrogen) atoms. The third kappa shape index (κ3) is 1.85. The summed E-state index contributed by atoms with van der Waals surface area (Å²) in [5, 5.41) is 5.43. The summed E-state index contributed by atoms with van der Waals surface area (Å²) < 4.78 is 1.80. The van der Waals surface area contributed by atoms with Crippen LogP contribution in [0.5, 0.6) is 0 Å². The third-order valence-electron chi connectivity index (χ3n) is 3.20. The van der Waals surface area contributed by atoms with Crippen molar-refractivity contribution in [2.75, 3.05) is 11.9 Å². The van der Waals surface area contributed by atoms with E-state index in [9.17, 15) is 9.59 Å². The predicted molar refractivity (Wildman–Crippen MR) is 70.7 cm³/mol. The van der Waals surface area contributed by atoms with E-state index in [1.165, 1.54) is 0 Å². The highest BCUT2D eigenvalue weighted by atomic mass is 16.2. The number of hydrogen-bond donors (Lipinski definition) is 2. The molecule has 1 aromatic carbocycles. The van der Waals surface area contributed by atoms with Crippen LogP contribution in [-0.4, -0.2) is 27.9 Å². The largest absolute Gasteiger partial charge is 0.356 e. The van der Waals surface area contributed by atoms with E-state index in [4.69, 9.17) is 0 Å². The number of hydrogen-bond acceptors (Lipinski definition) is 3. The molecule has 0 radical (unpaired) electrons. The summed E-state index contributed by atoms with van der Waals surface area (Å²) in [6.07, 6.45) is 0.132. The molecule has 0 spiro atoms. The Bertz CT molecular complexity index is 662. The normalized spacial score (nSPS) is 17.3. The van der Waals surface area contributed by atoms with Crippen LogP contribution in [-0.2, 0) is 9.59 Å². The smallest absolute Gasteiger partial charge is 0.250 e. The van der Waals surface area contributed by atoms with Crippen molar-refractivity contribution < 1.29 is 9.59 Å². The Morgan fingerprint density at radius 2 is 2.26 bits per heavy atom. The minimum absolute atomic E-state index is 0.131. The molecule has 3 rings (SSSR count). The molecular formula is C13H14N4O2. The fourth-order valence-electron chi connectivity index (χ4n) is 2.39. The standard InChI is InChI=1S/C13H14N4O2/c1-2-14-11(18)7-10-12(19)16-13-15-8-5-3-4-6-9(8)17(10)13/h3-6,10H,2,7H2,1H3,(H,14,18)(H,15,16,19). The molecule has 1 aliphatic heterocycles. The molecule has 6 nitrogen and oxygen atoms in total. The summed E-state index contributed by atoms with van der Waals surface area (Å²) in [4.78, 5) is 28.0. The molecule has 0 saturated heterocycles. The Morgan fingerprint density at radius 1 is 1.47 bits per heavy atom. The van der Waals surface area contributed by atoms with Gasteiger partial charge in [-0.25, -0.2) is 4.98 Å². The summed E-state index contributed by atoms with van der Waals surface area (Å²) in [5.41, 5.74) is 1.68. The fourth-order valence-corrected chi connectivity index (χ4v) is 2.39. The van der Waals surface area contributed by atoms with E-state index in [2.05, 4.69) is 15.6 Å². The zero-order valence-electron chi connectivity index (χ0n) is 10.5. The number of nitrogens with one attached hydrogen (secondary N) is 2. The molecule has 1 aromatic heterocycles. The van der Waals surface area contributed by atoms with Crippen molar-refractivity contribution in [1.29, 1.82) is 0 Å². The molecule has 6 heteroatoms. The maximum atomic E-state index is 11.9. The molecule has 0 aliphatic carbocycles. The van der Waals surface area contributed by atoms with Crippen molar-refractivity contribution in [2.45, 2.75) is 19.4 Å². The number of benzene rings is 1. The van der Waals surface area contributed by atoms with Crippen LogP contribution in [0, 0.1) is 0 Å². The number of anilines is 1. The lowest BCUT2D eigenvalue weighted by Gasteiger charge is -2.11. The predicted octanol–water partition coefficient (Wildman–Crippen LogP) is 1.06. The van der Waals surface area contributed by atoms with Crippen molar-refractivity contribution in [1.82, 2.24) is 14.9 Å². The maximum absolute atomic E-state index is 11.9. The molecule has 98 valence electrons. The first-order valence-electron chi connectivity index (χ1n) is 6.25. The summed E-state index contributed by atoms with van der Waals surface area (Å²) in [6, 6.07) is 7.05. The summed E-state index contributed by atoms with van der Waals surface area (Å²) in [5.74, 6) is 0.202. The Hall–Kier alpha value is -2.37. The van der Waals surface area contributed by atoms with Crippen LogP contribution < -0.4 is 10.6 Å². The maximum Gasteiger partial charge on any atom is 0.250 e. The van der Waals surface area contributed by atoms with Gasteiger partial charge in [-0.05, 0) is 19.1 Å². The quantitative estimate of drug-likeness (QED) is 0.864. The number of carbonyl (C=O) groups excluding carboxylic acids is 2. The highest BCUT2D eigenvalue weighted by Crippen LogP contribution is 2.31. The minimum Gasteiger partial charge on any atom is -0.356 e. The highest BCUT2D eigenvalue weighted by Gasteiger charge is 2.34. The number of rotatable bonds is 3. The van der Waals surface area contributed by atoms with Crippen LogP contribution in [0.3, 0.4) is 0 Å². The van der Waals surface area contributed by atoms with Gasteiger partial charge in [-0.2, -0.15) is 0 Å². The molecule has 1 unspecified atom stereocenters. The van der Waals surface area contributed by atoms with Crippen molar-refractivity contribution >= 4 is 28.8 Å². The van der Waals surface area contributed by atoms with Gasteiger partial charge < -0.3 is 5.32 Å². The van der Waals surface area contributed by atoms with Gasteiger partial charge in [-0.15, -0.1) is 0 Å². The first-order valence-corrected chi connectivity index (χ1v) is 6.25. The van der Waals surface area contributed by atoms with Gasteiger partial charge >= 0.3 is 0 Å². The number of para-hydroxylation sites is 2. The van der Waals surface area contributed by atoms with E-state index in [1.54, 1.807) is 4.57 Å². The van der Waals surface area contributed by atoms with Crippen LogP contribution in [0.15, 0.2) is 24.3 Å². The number of amides is 2. The zero-order chi connectivity index (χ0) is 13.4. The van der Waals surface area contributed by atoms with Crippen LogP contribution in [0.1, 0.15) is 19.4 Å². The molecular weight excluding hydrogens is 244 g/mol. The van der Waals surface area contributed by atoms with Gasteiger partial charge in [-0.1, -0.05) is 12.1 Å². The Balaban J connectivity index is 2.00. The summed E-state index contributed by atoms with van der Waals surface area (Å²) >= 11 is 0. The summed E-state index contributed by atoms with van der Waals surface area (Å²) in [6.45, 7) is 2.41. The lowest BCUT2D eigenvalue weighted by Crippen LogP contribution is -2.28. The second kappa shape index (κ2) is 4.38. The van der Waals surface area contributed by atoms with E-state index >= 15 is 0 Å². The molecule has 2 N–H and O–H groups in total. The van der Waals surface area contributed by atoms with Gasteiger partial charge in [0, 0.05) is 6.54 Å². The Morgan fingerprint density at radius 3 is 3.05 bits per heavy atom. The van der Waals surface area contributed by atoms with E-state index in [0.29, 0.717) is 12.5 Å². The Labute approximate surface area is 109 Å². The van der Waals surface area contributed by atoms with Crippen molar-refractivity contribution in [3.8, 4) is 0 Å². The molecule has 0 bridgehead atoms. The van der Waals surface area contributed by atoms with Crippen LogP contribution in [0.2, 0.25) is 0 Å². The van der Waals surface area contributed by atoms with Crippen molar-refractivity contribution in [3.05, 3.63) is 24.3 Å².